The standard InChI is InChI=1S/C8H18O3/c1-7(9)8(2)11-6-4-5-10-3/h7-9H,4-6H2,1-3H3/t7-,8?/m0/s1. The Hall–Kier alpha value is -0.120. The van der Waals surface area contributed by atoms with Crippen molar-refractivity contribution in [1.82, 2.24) is 0 Å². The molecule has 11 heavy (non-hydrogen) atoms. The molecule has 3 heteroatoms. The minimum absolute atomic E-state index is 0.0770. The number of aliphatic hydroxyl groups excluding tert-OH is 1. The number of ether oxygens (including phenoxy) is 2. The molecule has 3 nitrogen and oxygen atoms in total. The molecule has 0 amide bonds. The fourth-order valence-electron chi connectivity index (χ4n) is 0.612. The van der Waals surface area contributed by atoms with Crippen molar-refractivity contribution < 1.29 is 14.6 Å². The van der Waals surface area contributed by atoms with Gasteiger partial charge in [-0.2, -0.15) is 0 Å². The first-order chi connectivity index (χ1) is 5.18. The first kappa shape index (κ1) is 10.9. The molecule has 0 radical (unpaired) electrons. The maximum Gasteiger partial charge on any atom is 0.0803 e. The molecule has 1 N–H and O–H groups in total. The van der Waals surface area contributed by atoms with E-state index in [1.54, 1.807) is 14.0 Å². The van der Waals surface area contributed by atoms with Crippen LogP contribution in [0.5, 0.6) is 0 Å². The van der Waals surface area contributed by atoms with E-state index in [0.717, 1.165) is 6.42 Å². The fraction of sp³-hybridized carbons (Fsp3) is 1.00. The highest BCUT2D eigenvalue weighted by molar-refractivity contribution is 4.56. The first-order valence-electron chi connectivity index (χ1n) is 3.97. The molecule has 0 aliphatic rings. The largest absolute Gasteiger partial charge is 0.391 e. The van der Waals surface area contributed by atoms with Crippen LogP contribution in [0, 0.1) is 0 Å². The van der Waals surface area contributed by atoms with Gasteiger partial charge in [0.15, 0.2) is 0 Å². The Bertz CT molecular complexity index is 83.4. The van der Waals surface area contributed by atoms with E-state index >= 15 is 0 Å². The molecule has 0 aliphatic carbocycles. The van der Waals surface area contributed by atoms with Gasteiger partial charge in [-0.1, -0.05) is 0 Å². The second-order valence-electron chi connectivity index (χ2n) is 2.66. The summed E-state index contributed by atoms with van der Waals surface area (Å²) in [5.74, 6) is 0. The van der Waals surface area contributed by atoms with Crippen LogP contribution in [0.1, 0.15) is 20.3 Å². The van der Waals surface area contributed by atoms with Crippen LogP contribution in [-0.2, 0) is 9.47 Å². The first-order valence-corrected chi connectivity index (χ1v) is 3.97. The minimum atomic E-state index is -0.391. The molecule has 2 atom stereocenters. The van der Waals surface area contributed by atoms with Gasteiger partial charge >= 0.3 is 0 Å². The summed E-state index contributed by atoms with van der Waals surface area (Å²) < 4.78 is 10.1. The Balaban J connectivity index is 3.10. The quantitative estimate of drug-likeness (QED) is 0.587. The van der Waals surface area contributed by atoms with E-state index in [1.807, 2.05) is 6.92 Å². The third kappa shape index (κ3) is 6.28. The van der Waals surface area contributed by atoms with Gasteiger partial charge in [0.1, 0.15) is 0 Å². The van der Waals surface area contributed by atoms with Crippen LogP contribution in [-0.4, -0.2) is 37.6 Å². The van der Waals surface area contributed by atoms with Crippen LogP contribution in [0.15, 0.2) is 0 Å². The molecule has 0 fully saturated rings. The number of aliphatic hydroxyl groups is 1. The van der Waals surface area contributed by atoms with E-state index < -0.39 is 6.10 Å². The average molecular weight is 162 g/mol. The Labute approximate surface area is 68.3 Å². The molecule has 0 saturated carbocycles. The van der Waals surface area contributed by atoms with Crippen LogP contribution in [0.25, 0.3) is 0 Å². The normalized spacial score (nSPS) is 16.4. The third-order valence-electron chi connectivity index (χ3n) is 1.55. The topological polar surface area (TPSA) is 38.7 Å². The maximum atomic E-state index is 9.02. The number of hydrogen-bond acceptors (Lipinski definition) is 3. The second-order valence-corrected chi connectivity index (χ2v) is 2.66. The summed E-state index contributed by atoms with van der Waals surface area (Å²) >= 11 is 0. The van der Waals surface area contributed by atoms with E-state index in [9.17, 15) is 0 Å². The highest BCUT2D eigenvalue weighted by Crippen LogP contribution is 1.97. The fourth-order valence-corrected chi connectivity index (χ4v) is 0.612. The Morgan fingerprint density at radius 1 is 1.27 bits per heavy atom. The zero-order valence-electron chi connectivity index (χ0n) is 7.54. The van der Waals surface area contributed by atoms with E-state index in [0.29, 0.717) is 13.2 Å². The predicted octanol–water partition coefficient (Wildman–Crippen LogP) is 0.809. The Kier molecular flexibility index (Phi) is 6.51. The summed E-state index contributed by atoms with van der Waals surface area (Å²) in [5, 5.41) is 9.02. The molecule has 0 heterocycles. The van der Waals surface area contributed by atoms with Crippen LogP contribution in [0.3, 0.4) is 0 Å². The molecule has 0 spiro atoms. The molecular weight excluding hydrogens is 144 g/mol. The van der Waals surface area contributed by atoms with Gasteiger partial charge < -0.3 is 14.6 Å². The van der Waals surface area contributed by atoms with Gasteiger partial charge in [-0.3, -0.25) is 0 Å². The van der Waals surface area contributed by atoms with Crippen molar-refractivity contribution in [2.75, 3.05) is 20.3 Å². The summed E-state index contributed by atoms with van der Waals surface area (Å²) in [6.07, 6.45) is 0.414. The highest BCUT2D eigenvalue weighted by Gasteiger charge is 2.07. The number of methoxy groups -OCH3 is 1. The zero-order valence-corrected chi connectivity index (χ0v) is 7.54. The lowest BCUT2D eigenvalue weighted by Crippen LogP contribution is -2.23. The van der Waals surface area contributed by atoms with Crippen molar-refractivity contribution >= 4 is 0 Å². The summed E-state index contributed by atoms with van der Waals surface area (Å²) in [4.78, 5) is 0. The maximum absolute atomic E-state index is 9.02. The van der Waals surface area contributed by atoms with E-state index in [2.05, 4.69) is 0 Å². The molecule has 68 valence electrons. The molecule has 0 saturated heterocycles. The van der Waals surface area contributed by atoms with Gasteiger partial charge in [-0.05, 0) is 20.3 Å². The highest BCUT2D eigenvalue weighted by atomic mass is 16.5. The van der Waals surface area contributed by atoms with Crippen LogP contribution < -0.4 is 0 Å². The van der Waals surface area contributed by atoms with E-state index in [1.165, 1.54) is 0 Å². The van der Waals surface area contributed by atoms with Gasteiger partial charge in [0, 0.05) is 20.3 Å². The lowest BCUT2D eigenvalue weighted by Gasteiger charge is -2.15. The van der Waals surface area contributed by atoms with Crippen molar-refractivity contribution in [2.45, 2.75) is 32.5 Å². The number of rotatable bonds is 6. The molecule has 1 unspecified atom stereocenters. The van der Waals surface area contributed by atoms with Gasteiger partial charge in [0.25, 0.3) is 0 Å². The van der Waals surface area contributed by atoms with Crippen LogP contribution in [0.2, 0.25) is 0 Å². The van der Waals surface area contributed by atoms with Gasteiger partial charge in [0.05, 0.1) is 12.2 Å². The minimum Gasteiger partial charge on any atom is -0.391 e. The summed E-state index contributed by atoms with van der Waals surface area (Å²) in [5.41, 5.74) is 0. The predicted molar refractivity (Wildman–Crippen MR) is 43.6 cm³/mol. The Morgan fingerprint density at radius 3 is 2.36 bits per heavy atom. The molecule has 0 aromatic carbocycles. The third-order valence-corrected chi connectivity index (χ3v) is 1.55. The summed E-state index contributed by atoms with van der Waals surface area (Å²) in [7, 11) is 1.66. The molecular formula is C8H18O3. The van der Waals surface area contributed by atoms with Gasteiger partial charge in [-0.15, -0.1) is 0 Å². The SMILES string of the molecule is COCCCOC(C)[C@H](C)O. The van der Waals surface area contributed by atoms with Gasteiger partial charge in [0.2, 0.25) is 0 Å². The average Bonchev–Trinajstić information content (AvgIpc) is 1.97. The number of hydrogen-bond donors (Lipinski definition) is 1. The van der Waals surface area contributed by atoms with Gasteiger partial charge in [-0.25, -0.2) is 0 Å². The smallest absolute Gasteiger partial charge is 0.0803 e. The van der Waals surface area contributed by atoms with Crippen molar-refractivity contribution in [2.24, 2.45) is 0 Å². The van der Waals surface area contributed by atoms with Crippen molar-refractivity contribution in [3.05, 3.63) is 0 Å². The van der Waals surface area contributed by atoms with Crippen molar-refractivity contribution in [3.8, 4) is 0 Å². The van der Waals surface area contributed by atoms with Crippen molar-refractivity contribution in [1.29, 1.82) is 0 Å². The molecule has 0 bridgehead atoms. The second kappa shape index (κ2) is 6.58. The molecule has 0 aromatic heterocycles. The Morgan fingerprint density at radius 2 is 1.91 bits per heavy atom. The molecule has 0 aromatic rings. The molecule has 0 aliphatic heterocycles. The van der Waals surface area contributed by atoms with E-state index in [4.69, 9.17) is 14.6 Å². The zero-order chi connectivity index (χ0) is 8.69. The van der Waals surface area contributed by atoms with Crippen molar-refractivity contribution in [3.63, 3.8) is 0 Å². The van der Waals surface area contributed by atoms with E-state index in [-0.39, 0.29) is 6.10 Å². The monoisotopic (exact) mass is 162 g/mol. The summed E-state index contributed by atoms with van der Waals surface area (Å²) in [6, 6.07) is 0. The van der Waals surface area contributed by atoms with Crippen LogP contribution >= 0.6 is 0 Å². The van der Waals surface area contributed by atoms with Crippen LogP contribution in [0.4, 0.5) is 0 Å². The lowest BCUT2D eigenvalue weighted by molar-refractivity contribution is -0.0235. The molecule has 0 rings (SSSR count). The lowest BCUT2D eigenvalue weighted by atomic mass is 10.2. The summed E-state index contributed by atoms with van der Waals surface area (Å²) in [6.45, 7) is 4.95.